The summed E-state index contributed by atoms with van der Waals surface area (Å²) in [6, 6.07) is 0.468. The molecule has 0 bridgehead atoms. The van der Waals surface area contributed by atoms with Gasteiger partial charge in [0.05, 0.1) is 0 Å². The summed E-state index contributed by atoms with van der Waals surface area (Å²) in [5.74, 6) is 1.56. The predicted octanol–water partition coefficient (Wildman–Crippen LogP) is 2.23. The van der Waals surface area contributed by atoms with Gasteiger partial charge in [0, 0.05) is 51.9 Å². The first kappa shape index (κ1) is 22.9. The monoisotopic (exact) mass is 439 g/mol. The van der Waals surface area contributed by atoms with Gasteiger partial charge in [0.1, 0.15) is 0 Å². The maximum atomic E-state index is 4.76. The molecule has 0 aliphatic carbocycles. The summed E-state index contributed by atoms with van der Waals surface area (Å²) in [5.41, 5.74) is 0. The van der Waals surface area contributed by atoms with E-state index in [0.29, 0.717) is 12.0 Å². The summed E-state index contributed by atoms with van der Waals surface area (Å²) in [4.78, 5) is 9.87. The number of likely N-dealkylation sites (N-methyl/N-ethyl adjacent to an activating group) is 1. The Morgan fingerprint density at radius 1 is 1.04 bits per heavy atom. The molecule has 2 atom stereocenters. The Labute approximate surface area is 160 Å². The summed E-state index contributed by atoms with van der Waals surface area (Å²) in [6.07, 6.45) is 1.11. The number of halogens is 1. The molecular weight excluding hydrogens is 401 g/mol. The van der Waals surface area contributed by atoms with E-state index >= 15 is 0 Å². The highest BCUT2D eigenvalue weighted by Gasteiger charge is 2.17. The van der Waals surface area contributed by atoms with E-state index in [1.165, 1.54) is 32.7 Å². The van der Waals surface area contributed by atoms with Crippen LogP contribution in [0.3, 0.4) is 0 Å². The molecule has 0 aromatic rings. The van der Waals surface area contributed by atoms with Gasteiger partial charge in [0.15, 0.2) is 5.96 Å². The van der Waals surface area contributed by atoms with Crippen molar-refractivity contribution >= 4 is 29.9 Å². The van der Waals surface area contributed by atoms with Crippen molar-refractivity contribution in [3.63, 3.8) is 0 Å². The topological polar surface area (TPSA) is 42.9 Å². The minimum Gasteiger partial charge on any atom is -0.357 e. The van der Waals surface area contributed by atoms with Gasteiger partial charge in [-0.25, -0.2) is 0 Å². The Kier molecular flexibility index (Phi) is 13.2. The fraction of sp³-hybridized carbons (Fsp3) is 0.941. The molecule has 0 aromatic carbocycles. The first-order valence-corrected chi connectivity index (χ1v) is 9.08. The van der Waals surface area contributed by atoms with Gasteiger partial charge in [-0.3, -0.25) is 4.99 Å². The van der Waals surface area contributed by atoms with E-state index in [9.17, 15) is 0 Å². The van der Waals surface area contributed by atoms with E-state index in [0.717, 1.165) is 32.0 Å². The van der Waals surface area contributed by atoms with Crippen molar-refractivity contribution in [2.75, 3.05) is 52.4 Å². The second-order valence-electron chi connectivity index (χ2n) is 6.51. The van der Waals surface area contributed by atoms with Crippen LogP contribution in [-0.2, 0) is 0 Å². The molecule has 5 nitrogen and oxygen atoms in total. The standard InChI is InChI=1S/C17H37N5.HI/c1-6-16(5)20-17(18-7-2)19-13-15(4)14-22-11-9-21(8-3)10-12-22;/h15-16H,6-14H2,1-5H3,(H2,18,19,20);1H. The van der Waals surface area contributed by atoms with Crippen molar-refractivity contribution in [3.8, 4) is 0 Å². The normalized spacial score (nSPS) is 19.8. The number of nitrogens with zero attached hydrogens (tertiary/aromatic N) is 3. The van der Waals surface area contributed by atoms with Gasteiger partial charge in [0.25, 0.3) is 0 Å². The summed E-state index contributed by atoms with van der Waals surface area (Å²) < 4.78 is 0. The maximum absolute atomic E-state index is 4.76. The smallest absolute Gasteiger partial charge is 0.191 e. The number of piperazine rings is 1. The third-order valence-electron chi connectivity index (χ3n) is 4.38. The van der Waals surface area contributed by atoms with Crippen molar-refractivity contribution < 1.29 is 0 Å². The van der Waals surface area contributed by atoms with Crippen LogP contribution in [0.15, 0.2) is 4.99 Å². The number of rotatable bonds is 8. The van der Waals surface area contributed by atoms with Gasteiger partial charge in [-0.05, 0) is 32.7 Å². The Morgan fingerprint density at radius 3 is 2.17 bits per heavy atom. The van der Waals surface area contributed by atoms with Crippen LogP contribution in [0, 0.1) is 5.92 Å². The molecule has 1 saturated heterocycles. The number of hydrogen-bond acceptors (Lipinski definition) is 3. The van der Waals surface area contributed by atoms with Crippen molar-refractivity contribution in [1.29, 1.82) is 0 Å². The van der Waals surface area contributed by atoms with Gasteiger partial charge in [0.2, 0.25) is 0 Å². The lowest BCUT2D eigenvalue weighted by molar-refractivity contribution is 0.125. The fourth-order valence-electron chi connectivity index (χ4n) is 2.69. The van der Waals surface area contributed by atoms with Crippen LogP contribution in [0.25, 0.3) is 0 Å². The van der Waals surface area contributed by atoms with Crippen molar-refractivity contribution in [1.82, 2.24) is 20.4 Å². The summed E-state index contributed by atoms with van der Waals surface area (Å²) in [6.45, 7) is 20.0. The van der Waals surface area contributed by atoms with Crippen LogP contribution >= 0.6 is 24.0 Å². The fourth-order valence-corrected chi connectivity index (χ4v) is 2.69. The van der Waals surface area contributed by atoms with Crippen molar-refractivity contribution in [2.45, 2.75) is 47.1 Å². The molecular formula is C17H38IN5. The van der Waals surface area contributed by atoms with Crippen molar-refractivity contribution in [2.24, 2.45) is 10.9 Å². The van der Waals surface area contributed by atoms with E-state index < -0.39 is 0 Å². The number of aliphatic imine (C=N–C) groups is 1. The quantitative estimate of drug-likeness (QED) is 0.346. The third-order valence-corrected chi connectivity index (χ3v) is 4.38. The Balaban J connectivity index is 0.00000484. The van der Waals surface area contributed by atoms with E-state index in [1.54, 1.807) is 0 Å². The molecule has 0 radical (unpaired) electrons. The molecule has 1 fully saturated rings. The van der Waals surface area contributed by atoms with Crippen LogP contribution in [0.1, 0.15) is 41.0 Å². The summed E-state index contributed by atoms with van der Waals surface area (Å²) in [5, 5.41) is 6.80. The zero-order valence-corrected chi connectivity index (χ0v) is 18.1. The van der Waals surface area contributed by atoms with Gasteiger partial charge in [-0.1, -0.05) is 20.8 Å². The molecule has 1 heterocycles. The zero-order chi connectivity index (χ0) is 16.4. The molecule has 2 unspecified atom stereocenters. The lowest BCUT2D eigenvalue weighted by Crippen LogP contribution is -2.47. The number of nitrogens with one attached hydrogen (secondary N) is 2. The van der Waals surface area contributed by atoms with Gasteiger partial charge in [-0.2, -0.15) is 0 Å². The maximum Gasteiger partial charge on any atom is 0.191 e. The lowest BCUT2D eigenvalue weighted by atomic mass is 10.1. The van der Waals surface area contributed by atoms with Crippen LogP contribution in [0.4, 0.5) is 0 Å². The van der Waals surface area contributed by atoms with Gasteiger partial charge >= 0.3 is 0 Å². The summed E-state index contributed by atoms with van der Waals surface area (Å²) in [7, 11) is 0. The van der Waals surface area contributed by atoms with E-state index in [-0.39, 0.29) is 24.0 Å². The highest BCUT2D eigenvalue weighted by atomic mass is 127. The second-order valence-corrected chi connectivity index (χ2v) is 6.51. The first-order chi connectivity index (χ1) is 10.6. The molecule has 0 spiro atoms. The lowest BCUT2D eigenvalue weighted by Gasteiger charge is -2.35. The van der Waals surface area contributed by atoms with Gasteiger partial charge < -0.3 is 20.4 Å². The summed E-state index contributed by atoms with van der Waals surface area (Å²) >= 11 is 0. The Bertz CT molecular complexity index is 316. The number of guanidine groups is 1. The van der Waals surface area contributed by atoms with E-state index in [1.807, 2.05) is 0 Å². The van der Waals surface area contributed by atoms with E-state index in [2.05, 4.69) is 55.1 Å². The molecule has 138 valence electrons. The van der Waals surface area contributed by atoms with Crippen LogP contribution in [0.5, 0.6) is 0 Å². The largest absolute Gasteiger partial charge is 0.357 e. The highest BCUT2D eigenvalue weighted by molar-refractivity contribution is 14.0. The third kappa shape index (κ3) is 9.72. The molecule has 0 saturated carbocycles. The molecule has 0 aromatic heterocycles. The minimum atomic E-state index is 0. The average molecular weight is 439 g/mol. The molecule has 6 heteroatoms. The second kappa shape index (κ2) is 13.2. The number of hydrogen-bond donors (Lipinski definition) is 2. The predicted molar refractivity (Wildman–Crippen MR) is 112 cm³/mol. The van der Waals surface area contributed by atoms with Gasteiger partial charge in [-0.15, -0.1) is 24.0 Å². The molecule has 23 heavy (non-hydrogen) atoms. The van der Waals surface area contributed by atoms with Crippen LogP contribution in [0.2, 0.25) is 0 Å². The SMILES string of the molecule is CCNC(=NCC(C)CN1CCN(CC)CC1)NC(C)CC.I. The first-order valence-electron chi connectivity index (χ1n) is 9.08. The molecule has 2 N–H and O–H groups in total. The van der Waals surface area contributed by atoms with Crippen LogP contribution < -0.4 is 10.6 Å². The van der Waals surface area contributed by atoms with Crippen molar-refractivity contribution in [3.05, 3.63) is 0 Å². The zero-order valence-electron chi connectivity index (χ0n) is 15.8. The molecule has 1 rings (SSSR count). The molecule has 1 aliphatic rings. The highest BCUT2D eigenvalue weighted by Crippen LogP contribution is 2.06. The molecule has 1 aliphatic heterocycles. The molecule has 0 amide bonds. The minimum absolute atomic E-state index is 0. The van der Waals surface area contributed by atoms with E-state index in [4.69, 9.17) is 4.99 Å². The van der Waals surface area contributed by atoms with Crippen LogP contribution in [-0.4, -0.2) is 74.2 Å². The Hall–Kier alpha value is -0.0800. The average Bonchev–Trinajstić information content (AvgIpc) is 2.53. The Morgan fingerprint density at radius 2 is 1.65 bits per heavy atom.